The minimum absolute atomic E-state index is 0. The maximum absolute atomic E-state index is 12.4. The molecule has 6 aromatic carbocycles. The summed E-state index contributed by atoms with van der Waals surface area (Å²) in [6, 6.07) is 46.7. The Morgan fingerprint density at radius 2 is 1.11 bits per heavy atom. The van der Waals surface area contributed by atoms with Gasteiger partial charge < -0.3 is 10.2 Å². The Morgan fingerprint density at radius 3 is 1.78 bits per heavy atom. The minimum Gasteiger partial charge on any atom is -0.507 e. The summed E-state index contributed by atoms with van der Waals surface area (Å²) in [6.07, 6.45) is 1.70. The van der Waals surface area contributed by atoms with Crippen molar-refractivity contribution < 1.29 is 31.3 Å². The Bertz CT molecular complexity index is 2310. The second kappa shape index (κ2) is 10.6. The van der Waals surface area contributed by atoms with Crippen molar-refractivity contribution in [1.82, 2.24) is 4.98 Å². The van der Waals surface area contributed by atoms with Crippen molar-refractivity contribution in [1.29, 1.82) is 0 Å². The molecule has 0 radical (unpaired) electrons. The fourth-order valence-corrected chi connectivity index (χ4v) is 7.59. The van der Waals surface area contributed by atoms with Crippen LogP contribution in [0, 0.1) is 0 Å². The number of aliphatic imine (C=N–C) groups is 1. The Hall–Kier alpha value is -5.31. The molecule has 0 bridgehead atoms. The second-order valence-electron chi connectivity index (χ2n) is 11.6. The monoisotopic (exact) mass is 773 g/mol. The second-order valence-corrected chi connectivity index (χ2v) is 11.6. The number of rotatable bonds is 3. The molecule has 4 nitrogen and oxygen atoms in total. The third kappa shape index (κ3) is 3.84. The zero-order valence-electron chi connectivity index (χ0n) is 24.5. The van der Waals surface area contributed by atoms with Crippen molar-refractivity contribution in [2.75, 3.05) is 0 Å². The van der Waals surface area contributed by atoms with Crippen molar-refractivity contribution in [3.05, 3.63) is 167 Å². The Morgan fingerprint density at radius 1 is 0.543 bits per heavy atom. The van der Waals surface area contributed by atoms with Gasteiger partial charge in [-0.1, -0.05) is 109 Å². The third-order valence-corrected chi connectivity index (χ3v) is 9.37. The molecule has 0 saturated carbocycles. The van der Waals surface area contributed by atoms with Crippen molar-refractivity contribution in [3.8, 4) is 45.0 Å². The average Bonchev–Trinajstić information content (AvgIpc) is 3.55. The van der Waals surface area contributed by atoms with Crippen LogP contribution in [0.3, 0.4) is 0 Å². The summed E-state index contributed by atoms with van der Waals surface area (Å²) in [4.78, 5) is 9.63. The van der Waals surface area contributed by atoms with Crippen LogP contribution in [0.2, 0.25) is 0 Å². The molecule has 0 unspecified atom stereocenters. The molecule has 2 aliphatic carbocycles. The molecule has 0 atom stereocenters. The van der Waals surface area contributed by atoms with Crippen LogP contribution in [0.25, 0.3) is 44.3 Å². The summed E-state index contributed by atoms with van der Waals surface area (Å²) >= 11 is 0. The smallest absolute Gasteiger partial charge is 0.130 e. The van der Waals surface area contributed by atoms with E-state index < -0.39 is 5.41 Å². The van der Waals surface area contributed by atoms with Crippen molar-refractivity contribution in [2.24, 2.45) is 4.99 Å². The number of phenols is 2. The van der Waals surface area contributed by atoms with Gasteiger partial charge in [0.15, 0.2) is 0 Å². The van der Waals surface area contributed by atoms with E-state index in [2.05, 4.69) is 78.9 Å². The van der Waals surface area contributed by atoms with E-state index >= 15 is 0 Å². The van der Waals surface area contributed by atoms with Gasteiger partial charge in [0.2, 0.25) is 0 Å². The van der Waals surface area contributed by atoms with Crippen LogP contribution in [0.1, 0.15) is 27.9 Å². The van der Waals surface area contributed by atoms with Crippen molar-refractivity contribution in [2.45, 2.75) is 5.41 Å². The zero-order valence-corrected chi connectivity index (χ0v) is 26.7. The molecule has 7 aromatic rings. The summed E-state index contributed by atoms with van der Waals surface area (Å²) in [5, 5.41) is 24.5. The number of nitrogens with zero attached hydrogens (tertiary/aromatic N) is 2. The molecule has 1 aromatic heterocycles. The van der Waals surface area contributed by atoms with Crippen LogP contribution in [0.5, 0.6) is 11.5 Å². The maximum atomic E-state index is 12.4. The molecular formula is C41H26N2O2Pt. The SMILES string of the molecule is Oc1c(-c2cccc(C=Nc3cccc4cccc(O)c34)n2)ccc2c1C1(c3ccccc3-c3ccccc31)c1ccccc1-2.[Pt]. The van der Waals surface area contributed by atoms with Gasteiger partial charge in [-0.05, 0) is 74.7 Å². The first-order valence-electron chi connectivity index (χ1n) is 15.0. The van der Waals surface area contributed by atoms with Crippen LogP contribution in [-0.2, 0) is 26.5 Å². The van der Waals surface area contributed by atoms with E-state index in [9.17, 15) is 10.2 Å². The maximum Gasteiger partial charge on any atom is 0.130 e. The summed E-state index contributed by atoms with van der Waals surface area (Å²) in [7, 11) is 0. The van der Waals surface area contributed by atoms with E-state index in [0.717, 1.165) is 22.1 Å². The van der Waals surface area contributed by atoms with Crippen molar-refractivity contribution >= 4 is 22.7 Å². The van der Waals surface area contributed by atoms with E-state index in [1.54, 1.807) is 12.3 Å². The number of fused-ring (bicyclic) bond motifs is 11. The first-order chi connectivity index (χ1) is 22.2. The van der Waals surface area contributed by atoms with Gasteiger partial charge in [-0.2, -0.15) is 0 Å². The van der Waals surface area contributed by atoms with Crippen molar-refractivity contribution in [3.63, 3.8) is 0 Å². The van der Waals surface area contributed by atoms with E-state index in [0.29, 0.717) is 28.0 Å². The first kappa shape index (κ1) is 28.2. The number of pyridine rings is 1. The fourth-order valence-electron chi connectivity index (χ4n) is 7.59. The fraction of sp³-hybridized carbons (Fsp3) is 0.0244. The summed E-state index contributed by atoms with van der Waals surface area (Å²) in [5.41, 5.74) is 11.0. The van der Waals surface area contributed by atoms with Gasteiger partial charge in [0.1, 0.15) is 11.5 Å². The van der Waals surface area contributed by atoms with Gasteiger partial charge in [0, 0.05) is 37.6 Å². The number of hydrogen-bond donors (Lipinski definition) is 2. The molecule has 0 fully saturated rings. The predicted molar refractivity (Wildman–Crippen MR) is 181 cm³/mol. The van der Waals surface area contributed by atoms with Crippen LogP contribution in [0.15, 0.2) is 145 Å². The van der Waals surface area contributed by atoms with E-state index in [4.69, 9.17) is 9.98 Å². The molecule has 46 heavy (non-hydrogen) atoms. The number of benzene rings is 6. The van der Waals surface area contributed by atoms with Gasteiger partial charge in [0.25, 0.3) is 0 Å². The number of phenolic OH excluding ortho intramolecular Hbond substituents is 2. The van der Waals surface area contributed by atoms with Gasteiger partial charge in [-0.15, -0.1) is 0 Å². The van der Waals surface area contributed by atoms with Gasteiger partial charge in [-0.3, -0.25) is 4.99 Å². The number of hydrogen-bond acceptors (Lipinski definition) is 4. The molecular weight excluding hydrogens is 748 g/mol. The van der Waals surface area contributed by atoms with Gasteiger partial charge in [0.05, 0.1) is 28.7 Å². The average molecular weight is 774 g/mol. The third-order valence-electron chi connectivity index (χ3n) is 9.37. The Kier molecular flexibility index (Phi) is 6.52. The standard InChI is InChI=1S/C41H26N2O2.Pt/c44-37-21-8-11-25-10-7-20-36(38(25)37)42-24-26-12-9-19-35(43-26)31-23-22-30-29-15-3-6-18-34(29)41(39(30)40(31)45)32-16-4-1-13-27(32)28-14-2-5-17-33(28)41;/h1-24,44-45H;. The molecule has 9 rings (SSSR count). The number of aromatic nitrogens is 1. The molecule has 222 valence electrons. The van der Waals surface area contributed by atoms with Gasteiger partial charge >= 0.3 is 0 Å². The molecule has 2 aliphatic rings. The molecule has 1 spiro atoms. The van der Waals surface area contributed by atoms with E-state index in [1.807, 2.05) is 54.6 Å². The quantitative estimate of drug-likeness (QED) is 0.176. The minimum atomic E-state index is -0.644. The summed E-state index contributed by atoms with van der Waals surface area (Å²) in [5.74, 6) is 0.422. The van der Waals surface area contributed by atoms with Gasteiger partial charge in [-0.25, -0.2) is 4.98 Å². The molecule has 2 N–H and O–H groups in total. The van der Waals surface area contributed by atoms with Crippen LogP contribution in [-0.4, -0.2) is 21.4 Å². The van der Waals surface area contributed by atoms with Crippen LogP contribution in [0.4, 0.5) is 5.69 Å². The first-order valence-corrected chi connectivity index (χ1v) is 15.0. The van der Waals surface area contributed by atoms with Crippen LogP contribution < -0.4 is 0 Å². The summed E-state index contributed by atoms with van der Waals surface area (Å²) in [6.45, 7) is 0. The largest absolute Gasteiger partial charge is 0.507 e. The molecule has 5 heteroatoms. The number of aromatic hydroxyl groups is 2. The zero-order chi connectivity index (χ0) is 30.1. The predicted octanol–water partition coefficient (Wildman–Crippen LogP) is 9.40. The topological polar surface area (TPSA) is 65.7 Å². The Balaban J connectivity index is 0.00000312. The molecule has 1 heterocycles. The summed E-state index contributed by atoms with van der Waals surface area (Å²) < 4.78 is 0. The molecule has 0 aliphatic heterocycles. The van der Waals surface area contributed by atoms with Crippen LogP contribution >= 0.6 is 0 Å². The molecule has 0 saturated heterocycles. The van der Waals surface area contributed by atoms with E-state index in [1.165, 1.54) is 27.8 Å². The Labute approximate surface area is 280 Å². The molecule has 0 amide bonds. The van der Waals surface area contributed by atoms with E-state index in [-0.39, 0.29) is 32.6 Å². The normalized spacial score (nSPS) is 13.3.